The van der Waals surface area contributed by atoms with Crippen LogP contribution in [0.3, 0.4) is 0 Å². The van der Waals surface area contributed by atoms with Crippen LogP contribution >= 0.6 is 11.3 Å². The van der Waals surface area contributed by atoms with E-state index in [2.05, 4.69) is 10.3 Å². The third kappa shape index (κ3) is 3.54. The number of amides is 2. The van der Waals surface area contributed by atoms with Crippen LogP contribution in [0, 0.1) is 6.92 Å². The number of nitrogens with one attached hydrogen (secondary N) is 1. The zero-order valence-electron chi connectivity index (χ0n) is 17.6. The lowest BCUT2D eigenvalue weighted by molar-refractivity contribution is 0.100. The number of pyridine rings is 2. The number of hydrogen-bond acceptors (Lipinski definition) is 5. The van der Waals surface area contributed by atoms with Gasteiger partial charge in [-0.15, -0.1) is 11.3 Å². The second-order valence-electron chi connectivity index (χ2n) is 8.00. The van der Waals surface area contributed by atoms with Gasteiger partial charge in [0.05, 0.1) is 22.3 Å². The predicted molar refractivity (Wildman–Crippen MR) is 127 cm³/mol. The molecule has 0 unspecified atom stereocenters. The number of para-hydroxylation sites is 1. The molecule has 3 aromatic heterocycles. The van der Waals surface area contributed by atoms with Gasteiger partial charge in [-0.1, -0.05) is 18.2 Å². The van der Waals surface area contributed by atoms with Crippen molar-refractivity contribution in [3.63, 3.8) is 0 Å². The van der Waals surface area contributed by atoms with Crippen molar-refractivity contribution in [2.75, 3.05) is 5.32 Å². The summed E-state index contributed by atoms with van der Waals surface area (Å²) in [6.07, 6.45) is 7.28. The molecule has 1 aromatic carbocycles. The Kier molecular flexibility index (Phi) is 5.19. The maximum Gasteiger partial charge on any atom is 0.257 e. The van der Waals surface area contributed by atoms with Gasteiger partial charge in [0, 0.05) is 28.2 Å². The van der Waals surface area contributed by atoms with E-state index in [4.69, 9.17) is 10.7 Å². The lowest BCUT2D eigenvalue weighted by Crippen LogP contribution is -2.19. The van der Waals surface area contributed by atoms with Gasteiger partial charge in [0.15, 0.2) is 0 Å². The van der Waals surface area contributed by atoms with Gasteiger partial charge in [-0.2, -0.15) is 0 Å². The molecule has 0 bridgehead atoms. The fourth-order valence-corrected chi connectivity index (χ4v) is 5.62. The molecule has 3 heterocycles. The van der Waals surface area contributed by atoms with Crippen molar-refractivity contribution in [2.24, 2.45) is 5.73 Å². The van der Waals surface area contributed by atoms with Crippen LogP contribution < -0.4 is 11.1 Å². The van der Waals surface area contributed by atoms with E-state index >= 15 is 0 Å². The first-order valence-electron chi connectivity index (χ1n) is 10.6. The van der Waals surface area contributed by atoms with Crippen molar-refractivity contribution in [1.82, 2.24) is 9.97 Å². The molecular formula is C25H22N4O2S. The first-order valence-corrected chi connectivity index (χ1v) is 11.4. The first-order chi connectivity index (χ1) is 15.5. The number of nitrogens with zero attached hydrogens (tertiary/aromatic N) is 2. The molecule has 1 aliphatic rings. The Morgan fingerprint density at radius 3 is 2.75 bits per heavy atom. The van der Waals surface area contributed by atoms with Gasteiger partial charge in [0.2, 0.25) is 0 Å². The SMILES string of the molecule is Cc1cccc2c(C(=O)Nc3sc4c(c3C(N)=O)CCCC4)cc(-c3cccnc3)nc12. The highest BCUT2D eigenvalue weighted by molar-refractivity contribution is 7.17. The molecule has 0 atom stereocenters. The van der Waals surface area contributed by atoms with Crippen molar-refractivity contribution in [2.45, 2.75) is 32.6 Å². The molecule has 6 nitrogen and oxygen atoms in total. The molecule has 0 spiro atoms. The van der Waals surface area contributed by atoms with Crippen LogP contribution in [0.5, 0.6) is 0 Å². The first kappa shape index (κ1) is 20.3. The lowest BCUT2D eigenvalue weighted by Gasteiger charge is -2.12. The average Bonchev–Trinajstić information content (AvgIpc) is 3.17. The molecule has 3 N–H and O–H groups in total. The van der Waals surface area contributed by atoms with Gasteiger partial charge < -0.3 is 11.1 Å². The normalized spacial score (nSPS) is 13.0. The maximum atomic E-state index is 13.5. The topological polar surface area (TPSA) is 98.0 Å². The molecule has 7 heteroatoms. The summed E-state index contributed by atoms with van der Waals surface area (Å²) in [6.45, 7) is 1.97. The number of hydrogen-bond donors (Lipinski definition) is 2. The Morgan fingerprint density at radius 1 is 1.12 bits per heavy atom. The Labute approximate surface area is 189 Å². The molecule has 32 heavy (non-hydrogen) atoms. The Bertz CT molecular complexity index is 1360. The minimum absolute atomic E-state index is 0.283. The van der Waals surface area contributed by atoms with Gasteiger partial charge in [-0.3, -0.25) is 14.6 Å². The van der Waals surface area contributed by atoms with Gasteiger partial charge in [-0.05, 0) is 61.9 Å². The molecule has 1 aliphatic carbocycles. The zero-order valence-corrected chi connectivity index (χ0v) is 18.5. The average molecular weight is 443 g/mol. The standard InChI is InChI=1S/C25H22N4O2S/c1-14-6-4-9-16-18(12-19(28-22(14)16)15-7-5-11-27-13-15)24(31)29-25-21(23(26)30)17-8-2-3-10-20(17)32-25/h4-7,9,11-13H,2-3,8,10H2,1H3,(H2,26,30)(H,29,31). The van der Waals surface area contributed by atoms with Crippen LogP contribution in [0.15, 0.2) is 48.8 Å². The molecule has 0 saturated heterocycles. The summed E-state index contributed by atoms with van der Waals surface area (Å²) < 4.78 is 0. The van der Waals surface area contributed by atoms with Crippen molar-refractivity contribution < 1.29 is 9.59 Å². The molecule has 0 aliphatic heterocycles. The number of rotatable bonds is 4. The quantitative estimate of drug-likeness (QED) is 0.470. The number of fused-ring (bicyclic) bond motifs is 2. The van der Waals surface area contributed by atoms with Crippen LogP contribution in [0.4, 0.5) is 5.00 Å². The van der Waals surface area contributed by atoms with Crippen molar-refractivity contribution >= 4 is 39.1 Å². The highest BCUT2D eigenvalue weighted by Crippen LogP contribution is 2.38. The third-order valence-corrected chi connectivity index (χ3v) is 7.10. The predicted octanol–water partition coefficient (Wildman–Crippen LogP) is 4.90. The van der Waals surface area contributed by atoms with Gasteiger partial charge in [0.25, 0.3) is 11.8 Å². The number of nitrogens with two attached hydrogens (primary N) is 1. The third-order valence-electron chi connectivity index (χ3n) is 5.89. The summed E-state index contributed by atoms with van der Waals surface area (Å²) in [4.78, 5) is 35.9. The number of carbonyl (C=O) groups is 2. The molecule has 0 radical (unpaired) electrons. The summed E-state index contributed by atoms with van der Waals surface area (Å²) >= 11 is 1.46. The second kappa shape index (κ2) is 8.16. The summed E-state index contributed by atoms with van der Waals surface area (Å²) in [5.74, 6) is -0.777. The Balaban J connectivity index is 1.62. The fourth-order valence-electron chi connectivity index (χ4n) is 4.33. The monoisotopic (exact) mass is 442 g/mol. The summed E-state index contributed by atoms with van der Waals surface area (Å²) in [5, 5.41) is 4.29. The largest absolute Gasteiger partial charge is 0.365 e. The van der Waals surface area contributed by atoms with E-state index in [0.29, 0.717) is 21.8 Å². The van der Waals surface area contributed by atoms with Crippen LogP contribution in [-0.2, 0) is 12.8 Å². The summed E-state index contributed by atoms with van der Waals surface area (Å²) in [7, 11) is 0. The van der Waals surface area contributed by atoms with Crippen molar-refractivity contribution in [3.8, 4) is 11.3 Å². The van der Waals surface area contributed by atoms with Gasteiger partial charge in [0.1, 0.15) is 5.00 Å². The molecule has 160 valence electrons. The number of thiophene rings is 1. The van der Waals surface area contributed by atoms with E-state index in [-0.39, 0.29) is 5.91 Å². The number of carbonyl (C=O) groups excluding carboxylic acids is 2. The van der Waals surface area contributed by atoms with E-state index in [1.54, 1.807) is 18.5 Å². The van der Waals surface area contributed by atoms with E-state index < -0.39 is 5.91 Å². The number of anilines is 1. The number of aryl methyl sites for hydroxylation is 2. The van der Waals surface area contributed by atoms with E-state index in [0.717, 1.165) is 58.2 Å². The number of benzene rings is 1. The molecular weight excluding hydrogens is 420 g/mol. The Hall–Kier alpha value is -3.58. The summed E-state index contributed by atoms with van der Waals surface area (Å²) in [5.41, 5.74) is 10.9. The number of primary amides is 1. The molecule has 4 aromatic rings. The molecule has 5 rings (SSSR count). The zero-order chi connectivity index (χ0) is 22.2. The second-order valence-corrected chi connectivity index (χ2v) is 9.11. The molecule has 0 saturated carbocycles. The highest BCUT2D eigenvalue weighted by atomic mass is 32.1. The van der Waals surface area contributed by atoms with Gasteiger partial charge >= 0.3 is 0 Å². The van der Waals surface area contributed by atoms with Crippen molar-refractivity contribution in [1.29, 1.82) is 0 Å². The minimum atomic E-state index is -0.494. The van der Waals surface area contributed by atoms with E-state index in [9.17, 15) is 9.59 Å². The van der Waals surface area contributed by atoms with Crippen LogP contribution in [0.1, 0.15) is 49.6 Å². The van der Waals surface area contributed by atoms with Crippen LogP contribution in [-0.4, -0.2) is 21.8 Å². The van der Waals surface area contributed by atoms with Crippen LogP contribution in [0.25, 0.3) is 22.2 Å². The lowest BCUT2D eigenvalue weighted by atomic mass is 9.95. The fraction of sp³-hybridized carbons (Fsp3) is 0.200. The number of aromatic nitrogens is 2. The van der Waals surface area contributed by atoms with Crippen LogP contribution in [0.2, 0.25) is 0 Å². The Morgan fingerprint density at radius 2 is 1.97 bits per heavy atom. The van der Waals surface area contributed by atoms with Gasteiger partial charge in [-0.25, -0.2) is 4.98 Å². The van der Waals surface area contributed by atoms with E-state index in [1.165, 1.54) is 11.3 Å². The molecule has 0 fully saturated rings. The maximum absolute atomic E-state index is 13.5. The van der Waals surface area contributed by atoms with E-state index in [1.807, 2.05) is 37.3 Å². The smallest absolute Gasteiger partial charge is 0.257 e. The highest BCUT2D eigenvalue weighted by Gasteiger charge is 2.26. The summed E-state index contributed by atoms with van der Waals surface area (Å²) in [6, 6.07) is 11.3. The molecule has 2 amide bonds. The van der Waals surface area contributed by atoms with Crippen molar-refractivity contribution in [3.05, 3.63) is 75.9 Å². The minimum Gasteiger partial charge on any atom is -0.365 e.